The Kier molecular flexibility index (Phi) is 6.60. The second-order valence-corrected chi connectivity index (χ2v) is 5.39. The van der Waals surface area contributed by atoms with Crippen molar-refractivity contribution < 1.29 is 4.39 Å². The average molecular weight is 321 g/mol. The summed E-state index contributed by atoms with van der Waals surface area (Å²) in [6.45, 7) is 2.22. The highest BCUT2D eigenvalue weighted by atomic mass is 79.9. The smallest absolute Gasteiger partial charge is 0.108 e. The van der Waals surface area contributed by atoms with E-state index in [1.807, 2.05) is 31.2 Å². The monoisotopic (exact) mass is 319 g/mol. The first-order valence-electron chi connectivity index (χ1n) is 5.49. The van der Waals surface area contributed by atoms with Gasteiger partial charge in [-0.3, -0.25) is 0 Å². The lowest BCUT2D eigenvalue weighted by atomic mass is 10.1. The molecule has 1 nitrogen and oxygen atoms in total. The lowest BCUT2D eigenvalue weighted by Crippen LogP contribution is -2.16. The van der Waals surface area contributed by atoms with Gasteiger partial charge in [0.2, 0.25) is 0 Å². The summed E-state index contributed by atoms with van der Waals surface area (Å²) in [6.07, 6.45) is 10.0. The van der Waals surface area contributed by atoms with E-state index in [0.717, 1.165) is 22.3 Å². The van der Waals surface area contributed by atoms with Crippen molar-refractivity contribution in [3.63, 3.8) is 0 Å². The highest BCUT2D eigenvalue weighted by Crippen LogP contribution is 2.18. The van der Waals surface area contributed by atoms with E-state index in [2.05, 4.69) is 21.2 Å². The molecule has 1 rings (SSSR count). The van der Waals surface area contributed by atoms with Gasteiger partial charge in [0, 0.05) is 28.5 Å². The van der Waals surface area contributed by atoms with Crippen molar-refractivity contribution in [2.75, 3.05) is 13.2 Å². The zero-order valence-electron chi connectivity index (χ0n) is 9.72. The van der Waals surface area contributed by atoms with Gasteiger partial charge in [0.15, 0.2) is 0 Å². The molecule has 1 aliphatic heterocycles. The summed E-state index contributed by atoms with van der Waals surface area (Å²) in [4.78, 5) is 0. The molecule has 0 bridgehead atoms. The van der Waals surface area contributed by atoms with Crippen LogP contribution in [0.5, 0.6) is 0 Å². The third-order valence-electron chi connectivity index (χ3n) is 2.25. The van der Waals surface area contributed by atoms with Gasteiger partial charge in [-0.15, -0.1) is 11.6 Å². The second-order valence-electron chi connectivity index (χ2n) is 3.79. The highest BCUT2D eigenvalue weighted by molar-refractivity contribution is 9.11. The average Bonchev–Trinajstić information content (AvgIpc) is 2.26. The second kappa shape index (κ2) is 7.72. The van der Waals surface area contributed by atoms with Crippen molar-refractivity contribution >= 4 is 27.5 Å². The van der Waals surface area contributed by atoms with Crippen molar-refractivity contribution in [1.82, 2.24) is 5.32 Å². The number of hydrogen-bond acceptors (Lipinski definition) is 1. The molecule has 0 aromatic heterocycles. The van der Waals surface area contributed by atoms with Crippen LogP contribution < -0.4 is 5.32 Å². The SMILES string of the molecule is CC(Cl)/C=C\C(=C/CF)CC1=CC(Br)=CCN1. The molecule has 94 valence electrons. The molecular weight excluding hydrogens is 305 g/mol. The number of rotatable bonds is 5. The molecule has 1 N–H and O–H groups in total. The number of nitrogens with one attached hydrogen (secondary N) is 1. The van der Waals surface area contributed by atoms with Crippen molar-refractivity contribution in [3.8, 4) is 0 Å². The molecule has 0 saturated heterocycles. The van der Waals surface area contributed by atoms with Crippen LogP contribution in [0.1, 0.15) is 13.3 Å². The molecule has 1 atom stereocenters. The lowest BCUT2D eigenvalue weighted by molar-refractivity contribution is 0.559. The van der Waals surface area contributed by atoms with E-state index in [-0.39, 0.29) is 5.38 Å². The number of dihydropyridines is 1. The van der Waals surface area contributed by atoms with Crippen LogP contribution in [0.15, 0.2) is 46.1 Å². The zero-order valence-corrected chi connectivity index (χ0v) is 12.1. The van der Waals surface area contributed by atoms with Crippen LogP contribution in [0.2, 0.25) is 0 Å². The first-order valence-corrected chi connectivity index (χ1v) is 6.72. The Balaban J connectivity index is 2.68. The van der Waals surface area contributed by atoms with Crippen LogP contribution in [0, 0.1) is 0 Å². The van der Waals surface area contributed by atoms with Crippen molar-refractivity contribution in [2.24, 2.45) is 0 Å². The maximum Gasteiger partial charge on any atom is 0.108 e. The highest BCUT2D eigenvalue weighted by Gasteiger charge is 2.04. The molecule has 0 spiro atoms. The van der Waals surface area contributed by atoms with E-state index in [9.17, 15) is 4.39 Å². The largest absolute Gasteiger partial charge is 0.385 e. The van der Waals surface area contributed by atoms with Gasteiger partial charge in [0.25, 0.3) is 0 Å². The molecular formula is C13H16BrClFN. The normalized spacial score (nSPS) is 18.7. The van der Waals surface area contributed by atoms with Gasteiger partial charge in [-0.05, 0) is 18.6 Å². The Morgan fingerprint density at radius 1 is 1.71 bits per heavy atom. The topological polar surface area (TPSA) is 12.0 Å². The number of allylic oxidation sites excluding steroid dienone is 6. The summed E-state index contributed by atoms with van der Waals surface area (Å²) in [5, 5.41) is 3.21. The maximum atomic E-state index is 12.4. The van der Waals surface area contributed by atoms with Crippen molar-refractivity contribution in [1.29, 1.82) is 0 Å². The predicted octanol–water partition coefficient (Wildman–Crippen LogP) is 4.22. The molecule has 1 aliphatic rings. The minimum absolute atomic E-state index is 0.0436. The quantitative estimate of drug-likeness (QED) is 0.591. The maximum absolute atomic E-state index is 12.4. The van der Waals surface area contributed by atoms with Crippen LogP contribution in [0.3, 0.4) is 0 Å². The molecule has 0 aromatic rings. The first kappa shape index (κ1) is 14.5. The predicted molar refractivity (Wildman–Crippen MR) is 76.2 cm³/mol. The first-order chi connectivity index (χ1) is 8.11. The fraction of sp³-hybridized carbons (Fsp3) is 0.385. The van der Waals surface area contributed by atoms with Crippen LogP contribution >= 0.6 is 27.5 Å². The van der Waals surface area contributed by atoms with Gasteiger partial charge in [-0.25, -0.2) is 4.39 Å². The lowest BCUT2D eigenvalue weighted by Gasteiger charge is -2.14. The number of halogens is 3. The summed E-state index contributed by atoms with van der Waals surface area (Å²) >= 11 is 9.27. The van der Waals surface area contributed by atoms with Crippen LogP contribution in [-0.2, 0) is 0 Å². The fourth-order valence-corrected chi connectivity index (χ4v) is 1.95. The minimum atomic E-state index is -0.458. The Hall–Kier alpha value is -0.540. The molecule has 0 saturated carbocycles. The Labute approximate surface area is 115 Å². The standard InChI is InChI=1S/C13H16BrClFN/c1-10(15)2-3-11(4-6-16)8-13-9-12(14)5-7-17-13/h2-5,9-10,17H,6-8H2,1H3/b3-2-,11-4+. The van der Waals surface area contributed by atoms with E-state index >= 15 is 0 Å². The van der Waals surface area contributed by atoms with Crippen molar-refractivity contribution in [3.05, 3.63) is 46.1 Å². The van der Waals surface area contributed by atoms with Crippen LogP contribution in [0.25, 0.3) is 0 Å². The summed E-state index contributed by atoms with van der Waals surface area (Å²) in [6, 6.07) is 0. The molecule has 0 aromatic carbocycles. The molecule has 4 heteroatoms. The molecule has 1 heterocycles. The third kappa shape index (κ3) is 6.08. The van der Waals surface area contributed by atoms with Gasteiger partial charge in [-0.2, -0.15) is 0 Å². The van der Waals surface area contributed by atoms with Gasteiger partial charge in [0.1, 0.15) is 6.67 Å². The number of alkyl halides is 2. The van der Waals surface area contributed by atoms with Gasteiger partial charge in [0.05, 0.1) is 0 Å². The molecule has 0 amide bonds. The molecule has 0 aliphatic carbocycles. The van der Waals surface area contributed by atoms with Crippen molar-refractivity contribution in [2.45, 2.75) is 18.7 Å². The van der Waals surface area contributed by atoms with E-state index in [0.29, 0.717) is 6.42 Å². The van der Waals surface area contributed by atoms with E-state index < -0.39 is 6.67 Å². The summed E-state index contributed by atoms with van der Waals surface area (Å²) in [5.41, 5.74) is 2.01. The van der Waals surface area contributed by atoms with Crippen LogP contribution in [0.4, 0.5) is 4.39 Å². The minimum Gasteiger partial charge on any atom is -0.385 e. The summed E-state index contributed by atoms with van der Waals surface area (Å²) in [5.74, 6) is 0. The summed E-state index contributed by atoms with van der Waals surface area (Å²) in [7, 11) is 0. The van der Waals surface area contributed by atoms with Gasteiger partial charge in [-0.1, -0.05) is 40.2 Å². The number of hydrogen-bond donors (Lipinski definition) is 1. The molecule has 0 fully saturated rings. The molecule has 0 radical (unpaired) electrons. The van der Waals surface area contributed by atoms with E-state index in [1.54, 1.807) is 6.08 Å². The summed E-state index contributed by atoms with van der Waals surface area (Å²) < 4.78 is 13.5. The van der Waals surface area contributed by atoms with E-state index in [4.69, 9.17) is 11.6 Å². The van der Waals surface area contributed by atoms with Gasteiger partial charge >= 0.3 is 0 Å². The molecule has 1 unspecified atom stereocenters. The fourth-order valence-electron chi connectivity index (χ4n) is 1.44. The van der Waals surface area contributed by atoms with Gasteiger partial charge < -0.3 is 5.32 Å². The Bertz CT molecular complexity index is 370. The van der Waals surface area contributed by atoms with Crippen LogP contribution in [-0.4, -0.2) is 18.6 Å². The zero-order chi connectivity index (χ0) is 12.7. The Morgan fingerprint density at radius 3 is 3.06 bits per heavy atom. The Morgan fingerprint density at radius 2 is 2.47 bits per heavy atom. The van der Waals surface area contributed by atoms with E-state index in [1.165, 1.54) is 0 Å². The molecule has 17 heavy (non-hydrogen) atoms. The third-order valence-corrected chi connectivity index (χ3v) is 2.95.